The van der Waals surface area contributed by atoms with Crippen LogP contribution in [0.4, 0.5) is 0 Å². The van der Waals surface area contributed by atoms with Gasteiger partial charge in [0.1, 0.15) is 0 Å². The van der Waals surface area contributed by atoms with E-state index in [1.165, 1.54) is 0 Å². The van der Waals surface area contributed by atoms with Crippen LogP contribution in [-0.2, 0) is 9.53 Å². The van der Waals surface area contributed by atoms with Gasteiger partial charge in [-0.2, -0.15) is 0 Å². The van der Waals surface area contributed by atoms with Gasteiger partial charge in [0.25, 0.3) is 0 Å². The number of ether oxygens (including phenoxy) is 1. The highest BCUT2D eigenvalue weighted by Crippen LogP contribution is 2.04. The molecule has 8 heteroatoms. The van der Waals surface area contributed by atoms with Crippen LogP contribution in [0.1, 0.15) is 27.7 Å². The van der Waals surface area contributed by atoms with Crippen LogP contribution in [0, 0.1) is 5.92 Å². The lowest BCUT2D eigenvalue weighted by Crippen LogP contribution is -2.46. The molecule has 7 nitrogen and oxygen atoms in total. The lowest BCUT2D eigenvalue weighted by Gasteiger charge is -2.29. The van der Waals surface area contributed by atoms with Crippen molar-refractivity contribution in [2.24, 2.45) is 10.9 Å². The molecule has 1 saturated heterocycles. The summed E-state index contributed by atoms with van der Waals surface area (Å²) in [5, 5.41) is 3.29. The number of halogens is 1. The van der Waals surface area contributed by atoms with Crippen molar-refractivity contribution in [3.8, 4) is 0 Å². The van der Waals surface area contributed by atoms with Crippen LogP contribution in [0.15, 0.2) is 4.99 Å². The number of guanidine groups is 1. The summed E-state index contributed by atoms with van der Waals surface area (Å²) in [5.74, 6) is 1.41. The number of morpholine rings is 1. The highest BCUT2D eigenvalue weighted by molar-refractivity contribution is 14.0. The summed E-state index contributed by atoms with van der Waals surface area (Å²) in [6, 6.07) is 0. The number of nitrogens with one attached hydrogen (secondary N) is 1. The van der Waals surface area contributed by atoms with Gasteiger partial charge in [-0.25, -0.2) is 0 Å². The molecule has 1 fully saturated rings. The number of likely N-dealkylation sites (N-methyl/N-ethyl adjacent to an activating group) is 2. The molecule has 1 amide bonds. The number of amides is 1. The molecule has 26 heavy (non-hydrogen) atoms. The first-order valence-electron chi connectivity index (χ1n) is 9.59. The average Bonchev–Trinajstić information content (AvgIpc) is 2.60. The zero-order valence-corrected chi connectivity index (χ0v) is 19.5. The normalized spacial score (nSPS) is 16.6. The number of nitrogens with zero attached hydrogens (tertiary/aromatic N) is 4. The van der Waals surface area contributed by atoms with E-state index in [2.05, 4.69) is 17.1 Å². The lowest BCUT2D eigenvalue weighted by molar-refractivity contribution is -0.131. The molecule has 0 saturated carbocycles. The van der Waals surface area contributed by atoms with Crippen LogP contribution in [0.5, 0.6) is 0 Å². The fraction of sp³-hybridized carbons (Fsp3) is 0.889. The summed E-state index contributed by atoms with van der Waals surface area (Å²) in [6.07, 6.45) is 0. The van der Waals surface area contributed by atoms with E-state index in [1.54, 1.807) is 0 Å². The van der Waals surface area contributed by atoms with Crippen molar-refractivity contribution in [3.63, 3.8) is 0 Å². The third-order valence-corrected chi connectivity index (χ3v) is 4.41. The number of rotatable bonds is 9. The van der Waals surface area contributed by atoms with Crippen molar-refractivity contribution in [1.82, 2.24) is 20.0 Å². The molecule has 1 unspecified atom stereocenters. The molecule has 0 aromatic heterocycles. The molecule has 1 N–H and O–H groups in total. The largest absolute Gasteiger partial charge is 0.379 e. The second-order valence-electron chi connectivity index (χ2n) is 6.63. The Morgan fingerprint density at radius 1 is 1.23 bits per heavy atom. The van der Waals surface area contributed by atoms with Gasteiger partial charge in [-0.05, 0) is 26.7 Å². The molecule has 0 bridgehead atoms. The maximum absolute atomic E-state index is 12.3. The SMILES string of the molecule is CCNC(=NCC(C)CN1CCOCC1)N(C)CC(=O)N(CC)CC.I. The van der Waals surface area contributed by atoms with E-state index in [1.807, 2.05) is 37.6 Å². The summed E-state index contributed by atoms with van der Waals surface area (Å²) in [7, 11) is 1.93. The molecule has 1 heterocycles. The molecule has 1 aliphatic rings. The Balaban J connectivity index is 0.00000625. The molecule has 1 atom stereocenters. The lowest BCUT2D eigenvalue weighted by atomic mass is 10.1. The minimum Gasteiger partial charge on any atom is -0.379 e. The average molecular weight is 483 g/mol. The van der Waals surface area contributed by atoms with Gasteiger partial charge in [0.05, 0.1) is 19.8 Å². The zero-order chi connectivity index (χ0) is 18.7. The molecular formula is C18H38IN5O2. The summed E-state index contributed by atoms with van der Waals surface area (Å²) in [5.41, 5.74) is 0. The van der Waals surface area contributed by atoms with E-state index < -0.39 is 0 Å². The van der Waals surface area contributed by atoms with Crippen molar-refractivity contribution in [2.75, 3.05) is 72.6 Å². The van der Waals surface area contributed by atoms with Crippen molar-refractivity contribution in [2.45, 2.75) is 27.7 Å². The van der Waals surface area contributed by atoms with E-state index in [4.69, 9.17) is 9.73 Å². The first-order valence-corrected chi connectivity index (χ1v) is 9.59. The zero-order valence-electron chi connectivity index (χ0n) is 17.2. The third-order valence-electron chi connectivity index (χ3n) is 4.41. The Morgan fingerprint density at radius 3 is 2.38 bits per heavy atom. The van der Waals surface area contributed by atoms with Crippen molar-refractivity contribution < 1.29 is 9.53 Å². The second-order valence-corrected chi connectivity index (χ2v) is 6.63. The van der Waals surface area contributed by atoms with Gasteiger partial charge in [0.15, 0.2) is 5.96 Å². The van der Waals surface area contributed by atoms with Gasteiger partial charge in [0.2, 0.25) is 5.91 Å². The summed E-state index contributed by atoms with van der Waals surface area (Å²) in [6.45, 7) is 16.4. The third kappa shape index (κ3) is 9.36. The van der Waals surface area contributed by atoms with E-state index in [9.17, 15) is 4.79 Å². The van der Waals surface area contributed by atoms with Crippen LogP contribution in [-0.4, -0.2) is 99.2 Å². The van der Waals surface area contributed by atoms with E-state index in [0.717, 1.165) is 65.0 Å². The molecule has 0 spiro atoms. The topological polar surface area (TPSA) is 60.4 Å². The minimum atomic E-state index is 0. The minimum absolute atomic E-state index is 0. The Morgan fingerprint density at radius 2 is 1.85 bits per heavy atom. The maximum atomic E-state index is 12.3. The van der Waals surface area contributed by atoms with E-state index in [0.29, 0.717) is 12.5 Å². The Hall–Kier alpha value is -0.610. The van der Waals surface area contributed by atoms with Crippen LogP contribution < -0.4 is 5.32 Å². The molecule has 0 radical (unpaired) electrons. The van der Waals surface area contributed by atoms with Crippen molar-refractivity contribution >= 4 is 35.8 Å². The van der Waals surface area contributed by atoms with Crippen molar-refractivity contribution in [3.05, 3.63) is 0 Å². The van der Waals surface area contributed by atoms with Crippen LogP contribution in [0.3, 0.4) is 0 Å². The summed E-state index contributed by atoms with van der Waals surface area (Å²) < 4.78 is 5.40. The molecule has 1 rings (SSSR count). The maximum Gasteiger partial charge on any atom is 0.242 e. The van der Waals surface area contributed by atoms with E-state index in [-0.39, 0.29) is 29.9 Å². The van der Waals surface area contributed by atoms with Crippen LogP contribution in [0.25, 0.3) is 0 Å². The van der Waals surface area contributed by atoms with Crippen LogP contribution >= 0.6 is 24.0 Å². The molecular weight excluding hydrogens is 445 g/mol. The predicted octanol–water partition coefficient (Wildman–Crippen LogP) is 1.34. The van der Waals surface area contributed by atoms with Crippen molar-refractivity contribution in [1.29, 1.82) is 0 Å². The fourth-order valence-electron chi connectivity index (χ4n) is 2.95. The van der Waals surface area contributed by atoms with Gasteiger partial charge >= 0.3 is 0 Å². The molecule has 1 aliphatic heterocycles. The van der Waals surface area contributed by atoms with Gasteiger partial charge in [0, 0.05) is 52.9 Å². The van der Waals surface area contributed by atoms with Gasteiger partial charge in [-0.3, -0.25) is 14.7 Å². The fourth-order valence-corrected chi connectivity index (χ4v) is 2.95. The highest BCUT2D eigenvalue weighted by atomic mass is 127. The van der Waals surface area contributed by atoms with Gasteiger partial charge in [-0.1, -0.05) is 6.92 Å². The Kier molecular flexibility index (Phi) is 14.1. The van der Waals surface area contributed by atoms with Gasteiger partial charge < -0.3 is 19.9 Å². The molecule has 0 aromatic carbocycles. The first kappa shape index (κ1) is 25.4. The second kappa shape index (κ2) is 14.4. The van der Waals surface area contributed by atoms with Crippen LogP contribution in [0.2, 0.25) is 0 Å². The number of hydrogen-bond donors (Lipinski definition) is 1. The quantitative estimate of drug-likeness (QED) is 0.305. The molecule has 0 aliphatic carbocycles. The van der Waals surface area contributed by atoms with Gasteiger partial charge in [-0.15, -0.1) is 24.0 Å². The Bertz CT molecular complexity index is 412. The number of carbonyl (C=O) groups excluding carboxylic acids is 1. The first-order chi connectivity index (χ1) is 12.0. The number of hydrogen-bond acceptors (Lipinski definition) is 4. The Labute approximate surface area is 176 Å². The number of aliphatic imine (C=N–C) groups is 1. The molecule has 154 valence electrons. The summed E-state index contributed by atoms with van der Waals surface area (Å²) >= 11 is 0. The summed E-state index contributed by atoms with van der Waals surface area (Å²) in [4.78, 5) is 23.3. The number of carbonyl (C=O) groups is 1. The standard InChI is InChI=1S/C18H37N5O2.HI/c1-6-19-18(21(5)15-17(24)23(7-2)8-3)20-13-16(4)14-22-9-11-25-12-10-22;/h16H,6-15H2,1-5H3,(H,19,20);1H. The monoisotopic (exact) mass is 483 g/mol. The molecule has 0 aromatic rings. The predicted molar refractivity (Wildman–Crippen MR) is 118 cm³/mol. The highest BCUT2D eigenvalue weighted by Gasteiger charge is 2.16. The smallest absolute Gasteiger partial charge is 0.242 e. The van der Waals surface area contributed by atoms with E-state index >= 15 is 0 Å².